The molecule has 3 rings (SSSR count). The van der Waals surface area contributed by atoms with Gasteiger partial charge >= 0.3 is 5.97 Å². The van der Waals surface area contributed by atoms with Gasteiger partial charge in [-0.05, 0) is 26.0 Å². The van der Waals surface area contributed by atoms with Crippen molar-refractivity contribution in [1.82, 2.24) is 15.1 Å². The molecule has 0 atom stereocenters. The van der Waals surface area contributed by atoms with Crippen LogP contribution in [0.15, 0.2) is 30.5 Å². The summed E-state index contributed by atoms with van der Waals surface area (Å²) >= 11 is 0. The number of nitrogens with zero attached hydrogens (tertiary/aromatic N) is 2. The zero-order chi connectivity index (χ0) is 19.1. The van der Waals surface area contributed by atoms with Crippen molar-refractivity contribution in [2.24, 2.45) is 0 Å². The number of hydrogen-bond acceptors (Lipinski definition) is 4. The lowest BCUT2D eigenvalue weighted by Crippen LogP contribution is -2.37. The van der Waals surface area contributed by atoms with Crippen LogP contribution < -0.4 is 0 Å². The van der Waals surface area contributed by atoms with Gasteiger partial charge in [-0.15, -0.1) is 0 Å². The molecule has 26 heavy (non-hydrogen) atoms. The van der Waals surface area contributed by atoms with Crippen LogP contribution in [0.5, 0.6) is 0 Å². The molecule has 0 fully saturated rings. The molecule has 2 heterocycles. The van der Waals surface area contributed by atoms with E-state index in [0.29, 0.717) is 17.8 Å². The molecule has 0 spiro atoms. The van der Waals surface area contributed by atoms with Crippen LogP contribution >= 0.6 is 0 Å². The fourth-order valence-corrected chi connectivity index (χ4v) is 3.47. The second-order valence-electron chi connectivity index (χ2n) is 7.29. The fourth-order valence-electron chi connectivity index (χ4n) is 3.47. The number of H-pyrrole nitrogens is 1. The Labute approximate surface area is 152 Å². The van der Waals surface area contributed by atoms with Gasteiger partial charge in [-0.1, -0.05) is 31.5 Å². The molecular weight excluding hydrogens is 330 g/mol. The van der Waals surface area contributed by atoms with E-state index in [1.807, 2.05) is 39.8 Å². The van der Waals surface area contributed by atoms with Crippen LogP contribution in [0.4, 0.5) is 0 Å². The molecule has 1 aromatic heterocycles. The molecule has 0 aliphatic carbocycles. The molecule has 0 saturated carbocycles. The highest BCUT2D eigenvalue weighted by Gasteiger charge is 2.37. The molecule has 0 saturated heterocycles. The second kappa shape index (κ2) is 6.44. The summed E-state index contributed by atoms with van der Waals surface area (Å²) in [6, 6.07) is 7.39. The SMILES string of the molecule is COC(=O)C1=CN(C(=O)c2ccc(C)cc2)CC(C)(C)c2c1n[nH]c2C. The molecule has 2 aromatic rings. The first kappa shape index (κ1) is 17.9. The third-order valence-electron chi connectivity index (χ3n) is 4.69. The average molecular weight is 353 g/mol. The molecule has 1 amide bonds. The maximum absolute atomic E-state index is 13.1. The minimum atomic E-state index is -0.517. The molecule has 6 nitrogen and oxygen atoms in total. The van der Waals surface area contributed by atoms with Crippen molar-refractivity contribution in [1.29, 1.82) is 0 Å². The first-order valence-corrected chi connectivity index (χ1v) is 8.48. The summed E-state index contributed by atoms with van der Waals surface area (Å²) in [5, 5.41) is 7.26. The Morgan fingerprint density at radius 2 is 1.85 bits per heavy atom. The Morgan fingerprint density at radius 1 is 1.19 bits per heavy atom. The van der Waals surface area contributed by atoms with E-state index in [1.54, 1.807) is 23.2 Å². The van der Waals surface area contributed by atoms with Crippen molar-refractivity contribution in [2.45, 2.75) is 33.1 Å². The Morgan fingerprint density at radius 3 is 2.46 bits per heavy atom. The van der Waals surface area contributed by atoms with E-state index < -0.39 is 5.97 Å². The smallest absolute Gasteiger partial charge is 0.341 e. The minimum absolute atomic E-state index is 0.161. The monoisotopic (exact) mass is 353 g/mol. The molecule has 0 unspecified atom stereocenters. The minimum Gasteiger partial charge on any atom is -0.465 e. The summed E-state index contributed by atoms with van der Waals surface area (Å²) in [5.74, 6) is -0.677. The number of methoxy groups -OCH3 is 1. The van der Waals surface area contributed by atoms with Crippen molar-refractivity contribution >= 4 is 17.4 Å². The lowest BCUT2D eigenvalue weighted by atomic mass is 9.82. The number of amides is 1. The van der Waals surface area contributed by atoms with Crippen LogP contribution in [0.25, 0.3) is 5.57 Å². The summed E-state index contributed by atoms with van der Waals surface area (Å²) in [4.78, 5) is 27.0. The Bertz CT molecular complexity index is 892. The van der Waals surface area contributed by atoms with Crippen LogP contribution in [0.1, 0.15) is 46.7 Å². The zero-order valence-electron chi connectivity index (χ0n) is 15.7. The van der Waals surface area contributed by atoms with Gasteiger partial charge in [0.15, 0.2) is 0 Å². The van der Waals surface area contributed by atoms with E-state index in [-0.39, 0.29) is 16.9 Å². The number of esters is 1. The summed E-state index contributed by atoms with van der Waals surface area (Å²) in [7, 11) is 1.32. The van der Waals surface area contributed by atoms with E-state index >= 15 is 0 Å². The van der Waals surface area contributed by atoms with Gasteiger partial charge in [0.2, 0.25) is 0 Å². The molecule has 1 aliphatic rings. The summed E-state index contributed by atoms with van der Waals surface area (Å²) in [6.07, 6.45) is 1.56. The highest BCUT2D eigenvalue weighted by Crippen LogP contribution is 2.36. The Hall–Kier alpha value is -2.89. The number of aromatic nitrogens is 2. The number of fused-ring (bicyclic) bond motifs is 1. The standard InChI is InChI=1S/C20H23N3O3/c1-12-6-8-14(9-7-12)18(24)23-10-15(19(25)26-5)17-16(13(2)21-22-17)20(3,4)11-23/h6-10H,11H2,1-5H3,(H,21,22). The molecule has 0 bridgehead atoms. The zero-order valence-corrected chi connectivity index (χ0v) is 15.7. The summed E-state index contributed by atoms with van der Waals surface area (Å²) in [5.41, 5.74) is 3.89. The first-order valence-electron chi connectivity index (χ1n) is 8.48. The highest BCUT2D eigenvalue weighted by molar-refractivity contribution is 6.17. The van der Waals surface area contributed by atoms with Crippen LogP contribution in [0.2, 0.25) is 0 Å². The van der Waals surface area contributed by atoms with Gasteiger partial charge in [-0.25, -0.2) is 4.79 Å². The molecule has 1 aromatic carbocycles. The van der Waals surface area contributed by atoms with E-state index in [2.05, 4.69) is 10.2 Å². The van der Waals surface area contributed by atoms with Gasteiger partial charge in [-0.3, -0.25) is 9.89 Å². The Balaban J connectivity index is 2.11. The number of ether oxygens (including phenoxy) is 1. The maximum Gasteiger partial charge on any atom is 0.341 e. The van der Waals surface area contributed by atoms with Crippen molar-refractivity contribution in [3.8, 4) is 0 Å². The summed E-state index contributed by atoms with van der Waals surface area (Å²) in [6.45, 7) is 8.39. The van der Waals surface area contributed by atoms with Gasteiger partial charge < -0.3 is 9.64 Å². The van der Waals surface area contributed by atoms with E-state index in [9.17, 15) is 9.59 Å². The van der Waals surface area contributed by atoms with Crippen molar-refractivity contribution in [3.05, 3.63) is 58.5 Å². The van der Waals surface area contributed by atoms with E-state index in [4.69, 9.17) is 4.74 Å². The van der Waals surface area contributed by atoms with E-state index in [1.165, 1.54) is 7.11 Å². The number of aryl methyl sites for hydroxylation is 2. The Kier molecular flexibility index (Phi) is 4.44. The second-order valence-corrected chi connectivity index (χ2v) is 7.29. The first-order chi connectivity index (χ1) is 12.2. The van der Waals surface area contributed by atoms with Crippen molar-refractivity contribution in [3.63, 3.8) is 0 Å². The normalized spacial score (nSPS) is 15.7. The van der Waals surface area contributed by atoms with Crippen LogP contribution in [-0.2, 0) is 14.9 Å². The van der Waals surface area contributed by atoms with Gasteiger partial charge in [0, 0.05) is 35.0 Å². The van der Waals surface area contributed by atoms with Crippen molar-refractivity contribution < 1.29 is 14.3 Å². The largest absolute Gasteiger partial charge is 0.465 e. The van der Waals surface area contributed by atoms with Gasteiger partial charge in [0.05, 0.1) is 7.11 Å². The van der Waals surface area contributed by atoms with Gasteiger partial charge in [-0.2, -0.15) is 5.10 Å². The predicted octanol–water partition coefficient (Wildman–Crippen LogP) is 2.97. The lowest BCUT2D eigenvalue weighted by Gasteiger charge is -2.29. The number of nitrogens with one attached hydrogen (secondary N) is 1. The summed E-state index contributed by atoms with van der Waals surface area (Å²) < 4.78 is 4.93. The number of carbonyl (C=O) groups excluding carboxylic acids is 2. The molecule has 0 radical (unpaired) electrons. The topological polar surface area (TPSA) is 75.3 Å². The third-order valence-corrected chi connectivity index (χ3v) is 4.69. The third kappa shape index (κ3) is 3.03. The molecule has 6 heteroatoms. The average Bonchev–Trinajstić information content (AvgIpc) is 2.94. The maximum atomic E-state index is 13.1. The van der Waals surface area contributed by atoms with E-state index in [0.717, 1.165) is 16.8 Å². The highest BCUT2D eigenvalue weighted by atomic mass is 16.5. The van der Waals surface area contributed by atoms with Gasteiger partial charge in [0.1, 0.15) is 11.3 Å². The fraction of sp³-hybridized carbons (Fsp3) is 0.350. The molecule has 136 valence electrons. The quantitative estimate of drug-likeness (QED) is 0.842. The number of hydrogen-bond donors (Lipinski definition) is 1. The van der Waals surface area contributed by atoms with Crippen molar-refractivity contribution in [2.75, 3.05) is 13.7 Å². The van der Waals surface area contributed by atoms with Crippen LogP contribution in [-0.4, -0.2) is 40.6 Å². The number of benzene rings is 1. The number of carbonyl (C=O) groups is 2. The van der Waals surface area contributed by atoms with Gasteiger partial charge in [0.25, 0.3) is 5.91 Å². The molecule has 1 aliphatic heterocycles. The number of rotatable bonds is 2. The molecule has 1 N–H and O–H groups in total. The number of aromatic amines is 1. The lowest BCUT2D eigenvalue weighted by molar-refractivity contribution is -0.133. The predicted molar refractivity (Wildman–Crippen MR) is 98.6 cm³/mol. The van der Waals surface area contributed by atoms with Crippen LogP contribution in [0, 0.1) is 13.8 Å². The van der Waals surface area contributed by atoms with Crippen LogP contribution in [0.3, 0.4) is 0 Å². The molecular formula is C20H23N3O3.